The Balaban J connectivity index is 1.64. The number of aromatic nitrogens is 4. The quantitative estimate of drug-likeness (QED) is 0.641. The molecule has 0 saturated carbocycles. The smallest absolute Gasteiger partial charge is 0.234 e. The van der Waals surface area contributed by atoms with Crippen LogP contribution in [0.1, 0.15) is 6.92 Å². The van der Waals surface area contributed by atoms with E-state index in [0.717, 1.165) is 0 Å². The van der Waals surface area contributed by atoms with Gasteiger partial charge in [-0.05, 0) is 53.7 Å². The van der Waals surface area contributed by atoms with Gasteiger partial charge in [0.05, 0.1) is 23.7 Å². The molecule has 134 valence electrons. The molecule has 7 nitrogen and oxygen atoms in total. The van der Waals surface area contributed by atoms with Crippen molar-refractivity contribution in [2.24, 2.45) is 0 Å². The number of nitrogens with zero attached hydrogens (tertiary/aromatic N) is 4. The average Bonchev–Trinajstić information content (AvgIpc) is 3.11. The Morgan fingerprint density at radius 2 is 2.00 bits per heavy atom. The van der Waals surface area contributed by atoms with Crippen molar-refractivity contribution in [2.75, 3.05) is 17.7 Å². The van der Waals surface area contributed by atoms with E-state index < -0.39 is 0 Å². The lowest BCUT2D eigenvalue weighted by Gasteiger charge is -2.11. The van der Waals surface area contributed by atoms with Crippen LogP contribution >= 0.6 is 11.8 Å². The van der Waals surface area contributed by atoms with E-state index in [9.17, 15) is 9.18 Å². The molecule has 3 aromatic rings. The fourth-order valence-electron chi connectivity index (χ4n) is 2.18. The molecule has 2 aromatic carbocycles. The summed E-state index contributed by atoms with van der Waals surface area (Å²) in [5, 5.41) is 14.6. The van der Waals surface area contributed by atoms with Crippen LogP contribution in [0.3, 0.4) is 0 Å². The second-order valence-electron chi connectivity index (χ2n) is 5.12. The van der Waals surface area contributed by atoms with Gasteiger partial charge in [0, 0.05) is 0 Å². The number of tetrazole rings is 1. The van der Waals surface area contributed by atoms with E-state index >= 15 is 0 Å². The van der Waals surface area contributed by atoms with Gasteiger partial charge in [-0.25, -0.2) is 4.39 Å². The summed E-state index contributed by atoms with van der Waals surface area (Å²) in [6.45, 7) is 2.39. The van der Waals surface area contributed by atoms with Crippen molar-refractivity contribution < 1.29 is 13.9 Å². The lowest BCUT2D eigenvalue weighted by atomic mass is 10.3. The number of anilines is 1. The normalized spacial score (nSPS) is 10.5. The molecule has 0 spiro atoms. The largest absolute Gasteiger partial charge is 0.492 e. The van der Waals surface area contributed by atoms with E-state index in [1.807, 2.05) is 19.1 Å². The topological polar surface area (TPSA) is 81.9 Å². The molecule has 0 radical (unpaired) electrons. The minimum atomic E-state index is -0.344. The highest BCUT2D eigenvalue weighted by molar-refractivity contribution is 7.99. The molecule has 0 atom stereocenters. The number of rotatable bonds is 7. The summed E-state index contributed by atoms with van der Waals surface area (Å²) in [6, 6.07) is 13.0. The predicted octanol–water partition coefficient (Wildman–Crippen LogP) is 2.93. The number of hydrogen-bond acceptors (Lipinski definition) is 6. The van der Waals surface area contributed by atoms with Crippen molar-refractivity contribution in [2.45, 2.75) is 12.1 Å². The molecule has 9 heteroatoms. The van der Waals surface area contributed by atoms with Crippen LogP contribution < -0.4 is 10.1 Å². The monoisotopic (exact) mass is 373 g/mol. The maximum absolute atomic E-state index is 13.0. The standard InChI is InChI=1S/C17H16FN5O2S/c1-2-25-15-6-4-3-5-14(15)19-16(24)11-26-17-20-21-22-23(17)13-9-7-12(18)8-10-13/h3-10H,2,11H2,1H3,(H,19,24). The number of carbonyl (C=O) groups is 1. The first-order chi connectivity index (χ1) is 12.7. The summed E-state index contributed by atoms with van der Waals surface area (Å²) < 4.78 is 20.0. The Kier molecular flexibility index (Phi) is 5.80. The molecular formula is C17H16FN5O2S. The van der Waals surface area contributed by atoms with Crippen molar-refractivity contribution in [1.82, 2.24) is 20.2 Å². The molecule has 0 bridgehead atoms. The number of benzene rings is 2. The third-order valence-corrected chi connectivity index (χ3v) is 4.22. The molecule has 0 aliphatic heterocycles. The molecule has 1 heterocycles. The Bertz CT molecular complexity index is 885. The highest BCUT2D eigenvalue weighted by atomic mass is 32.2. The van der Waals surface area contributed by atoms with Crippen molar-refractivity contribution >= 4 is 23.4 Å². The highest BCUT2D eigenvalue weighted by Crippen LogP contribution is 2.24. The van der Waals surface area contributed by atoms with Gasteiger partial charge in [-0.1, -0.05) is 23.9 Å². The fourth-order valence-corrected chi connectivity index (χ4v) is 2.87. The van der Waals surface area contributed by atoms with Gasteiger partial charge in [-0.2, -0.15) is 4.68 Å². The molecular weight excluding hydrogens is 357 g/mol. The second-order valence-corrected chi connectivity index (χ2v) is 6.06. The number of halogens is 1. The van der Waals surface area contributed by atoms with Crippen LogP contribution in [0.2, 0.25) is 0 Å². The van der Waals surface area contributed by atoms with E-state index in [-0.39, 0.29) is 17.5 Å². The molecule has 0 aliphatic carbocycles. The van der Waals surface area contributed by atoms with Crippen molar-refractivity contribution in [3.8, 4) is 11.4 Å². The Morgan fingerprint density at radius 1 is 1.23 bits per heavy atom. The second kappa shape index (κ2) is 8.43. The van der Waals surface area contributed by atoms with Crippen LogP contribution in [0.25, 0.3) is 5.69 Å². The minimum absolute atomic E-state index is 0.113. The molecule has 3 rings (SSSR count). The van der Waals surface area contributed by atoms with E-state index in [1.54, 1.807) is 24.3 Å². The third-order valence-electron chi connectivity index (χ3n) is 3.31. The summed E-state index contributed by atoms with van der Waals surface area (Å²) >= 11 is 1.18. The maximum Gasteiger partial charge on any atom is 0.234 e. The zero-order valence-electron chi connectivity index (χ0n) is 13.9. The molecule has 1 amide bonds. The van der Waals surface area contributed by atoms with Crippen LogP contribution in [0.5, 0.6) is 5.75 Å². The molecule has 0 unspecified atom stereocenters. The zero-order valence-corrected chi connectivity index (χ0v) is 14.7. The lowest BCUT2D eigenvalue weighted by Crippen LogP contribution is -2.15. The van der Waals surface area contributed by atoms with Crippen molar-refractivity contribution in [3.63, 3.8) is 0 Å². The Hall–Kier alpha value is -2.94. The highest BCUT2D eigenvalue weighted by Gasteiger charge is 2.13. The molecule has 0 aliphatic rings. The first-order valence-corrected chi connectivity index (χ1v) is 8.84. The molecule has 0 saturated heterocycles. The number of ether oxygens (including phenoxy) is 1. The van der Waals surface area contributed by atoms with Gasteiger partial charge in [-0.3, -0.25) is 4.79 Å². The van der Waals surface area contributed by atoms with E-state index in [0.29, 0.717) is 28.9 Å². The summed E-state index contributed by atoms with van der Waals surface area (Å²) in [4.78, 5) is 12.2. The summed E-state index contributed by atoms with van der Waals surface area (Å²) in [5.74, 6) is 0.172. The van der Waals surface area contributed by atoms with E-state index in [1.165, 1.54) is 28.6 Å². The van der Waals surface area contributed by atoms with Gasteiger partial charge in [-0.15, -0.1) is 5.10 Å². The zero-order chi connectivity index (χ0) is 18.4. The average molecular weight is 373 g/mol. The number of carbonyl (C=O) groups excluding carboxylic acids is 1. The van der Waals surface area contributed by atoms with E-state index in [2.05, 4.69) is 20.8 Å². The van der Waals surface area contributed by atoms with Crippen LogP contribution in [0, 0.1) is 5.82 Å². The molecule has 26 heavy (non-hydrogen) atoms. The SMILES string of the molecule is CCOc1ccccc1NC(=O)CSc1nnnn1-c1ccc(F)cc1. The Labute approximate surface area is 153 Å². The van der Waals surface area contributed by atoms with Crippen LogP contribution in [0.4, 0.5) is 10.1 Å². The van der Waals surface area contributed by atoms with Crippen molar-refractivity contribution in [3.05, 3.63) is 54.3 Å². The van der Waals surface area contributed by atoms with Gasteiger partial charge in [0.1, 0.15) is 11.6 Å². The number of para-hydroxylation sites is 2. The number of amides is 1. The summed E-state index contributed by atoms with van der Waals surface area (Å²) in [6.07, 6.45) is 0. The van der Waals surface area contributed by atoms with Gasteiger partial charge in [0.2, 0.25) is 11.1 Å². The maximum atomic E-state index is 13.0. The first kappa shape index (κ1) is 17.9. The summed E-state index contributed by atoms with van der Waals surface area (Å²) in [5.41, 5.74) is 1.22. The number of thioether (sulfide) groups is 1. The van der Waals surface area contributed by atoms with Crippen LogP contribution in [-0.2, 0) is 4.79 Å². The van der Waals surface area contributed by atoms with Gasteiger partial charge >= 0.3 is 0 Å². The minimum Gasteiger partial charge on any atom is -0.492 e. The number of nitrogens with one attached hydrogen (secondary N) is 1. The first-order valence-electron chi connectivity index (χ1n) is 7.86. The molecule has 1 N–H and O–H groups in total. The van der Waals surface area contributed by atoms with Gasteiger partial charge < -0.3 is 10.1 Å². The summed E-state index contributed by atoms with van der Waals surface area (Å²) in [7, 11) is 0. The number of hydrogen-bond donors (Lipinski definition) is 1. The molecule has 1 aromatic heterocycles. The van der Waals surface area contributed by atoms with Crippen molar-refractivity contribution in [1.29, 1.82) is 0 Å². The molecule has 0 fully saturated rings. The predicted molar refractivity (Wildman–Crippen MR) is 96.1 cm³/mol. The van der Waals surface area contributed by atoms with Crippen LogP contribution in [0.15, 0.2) is 53.7 Å². The van der Waals surface area contributed by atoms with Gasteiger partial charge in [0.25, 0.3) is 0 Å². The third kappa shape index (κ3) is 4.37. The Morgan fingerprint density at radius 3 is 2.77 bits per heavy atom. The van der Waals surface area contributed by atoms with E-state index in [4.69, 9.17) is 4.74 Å². The van der Waals surface area contributed by atoms with Crippen LogP contribution in [-0.4, -0.2) is 38.5 Å². The fraction of sp³-hybridized carbons (Fsp3) is 0.176. The van der Waals surface area contributed by atoms with Gasteiger partial charge in [0.15, 0.2) is 0 Å². The lowest BCUT2D eigenvalue weighted by molar-refractivity contribution is -0.113.